The van der Waals surface area contributed by atoms with Gasteiger partial charge in [-0.2, -0.15) is 0 Å². The van der Waals surface area contributed by atoms with Gasteiger partial charge in [-0.1, -0.05) is 11.6 Å². The summed E-state index contributed by atoms with van der Waals surface area (Å²) in [5.74, 6) is -0.100. The van der Waals surface area contributed by atoms with Gasteiger partial charge in [0.1, 0.15) is 0 Å². The van der Waals surface area contributed by atoms with E-state index in [1.807, 2.05) is 4.90 Å². The zero-order valence-corrected chi connectivity index (χ0v) is 11.8. The van der Waals surface area contributed by atoms with Crippen molar-refractivity contribution in [2.24, 2.45) is 10.7 Å². The van der Waals surface area contributed by atoms with E-state index < -0.39 is 5.91 Å². The van der Waals surface area contributed by atoms with E-state index in [1.54, 1.807) is 0 Å². The molecule has 1 aromatic rings. The Kier molecular flexibility index (Phi) is 4.23. The number of aromatic nitrogens is 2. The third kappa shape index (κ3) is 2.90. The van der Waals surface area contributed by atoms with Gasteiger partial charge >= 0.3 is 0 Å². The van der Waals surface area contributed by atoms with Crippen LogP contribution in [-0.2, 0) is 0 Å². The lowest BCUT2D eigenvalue weighted by Gasteiger charge is -2.18. The number of hydrogen-bond acceptors (Lipinski definition) is 6. The van der Waals surface area contributed by atoms with E-state index in [9.17, 15) is 4.79 Å². The molecular formula is C11H16ClN7O. The summed E-state index contributed by atoms with van der Waals surface area (Å²) < 4.78 is 0. The van der Waals surface area contributed by atoms with Crippen LogP contribution in [0.3, 0.4) is 0 Å². The first-order valence-corrected chi connectivity index (χ1v) is 6.52. The van der Waals surface area contributed by atoms with Crippen LogP contribution in [-0.4, -0.2) is 42.0 Å². The number of aliphatic imine (C=N–C) groups is 1. The van der Waals surface area contributed by atoms with E-state index in [2.05, 4.69) is 20.3 Å². The van der Waals surface area contributed by atoms with Gasteiger partial charge in [-0.3, -0.25) is 15.1 Å². The molecule has 2 heterocycles. The molecule has 2 rings (SSSR count). The van der Waals surface area contributed by atoms with Crippen LogP contribution in [0.2, 0.25) is 5.15 Å². The SMILES string of the molecule is CN=C(N)NC(=O)c1nc(Cl)c(N2CCCC2)nc1N. The predicted octanol–water partition coefficient (Wildman–Crippen LogP) is -0.0133. The summed E-state index contributed by atoms with van der Waals surface area (Å²) in [5.41, 5.74) is 11.1. The van der Waals surface area contributed by atoms with Gasteiger partial charge in [-0.15, -0.1) is 0 Å². The number of nitrogens with two attached hydrogens (primary N) is 2. The van der Waals surface area contributed by atoms with E-state index in [0.717, 1.165) is 25.9 Å². The first-order chi connectivity index (χ1) is 9.52. The molecule has 1 aliphatic rings. The molecule has 8 nitrogen and oxygen atoms in total. The maximum atomic E-state index is 11.9. The topological polar surface area (TPSA) is 123 Å². The normalized spacial score (nSPS) is 15.5. The lowest BCUT2D eigenvalue weighted by molar-refractivity contribution is 0.0972. The highest BCUT2D eigenvalue weighted by Crippen LogP contribution is 2.27. The number of hydrogen-bond donors (Lipinski definition) is 3. The Morgan fingerprint density at radius 3 is 2.65 bits per heavy atom. The lowest BCUT2D eigenvalue weighted by atomic mass is 10.3. The number of rotatable bonds is 2. The van der Waals surface area contributed by atoms with Crippen molar-refractivity contribution in [1.82, 2.24) is 15.3 Å². The minimum absolute atomic E-state index is 0.0118. The van der Waals surface area contributed by atoms with Gasteiger partial charge in [-0.05, 0) is 12.8 Å². The number of halogens is 1. The highest BCUT2D eigenvalue weighted by atomic mass is 35.5. The fourth-order valence-corrected chi connectivity index (χ4v) is 2.19. The Labute approximate surface area is 121 Å². The lowest BCUT2D eigenvalue weighted by Crippen LogP contribution is -2.37. The molecule has 20 heavy (non-hydrogen) atoms. The third-order valence-electron chi connectivity index (χ3n) is 2.97. The monoisotopic (exact) mass is 297 g/mol. The molecule has 0 spiro atoms. The van der Waals surface area contributed by atoms with Crippen molar-refractivity contribution in [1.29, 1.82) is 0 Å². The molecule has 1 amide bonds. The minimum Gasteiger partial charge on any atom is -0.382 e. The standard InChI is InChI=1S/C11H16ClN7O/c1-15-11(14)18-10(20)6-8(13)17-9(7(12)16-6)19-4-2-3-5-19/h2-5H2,1H3,(H2,13,17)(H3,14,15,18,20). The second-order valence-electron chi connectivity index (χ2n) is 4.33. The molecule has 9 heteroatoms. The van der Waals surface area contributed by atoms with Crippen molar-refractivity contribution in [3.8, 4) is 0 Å². The van der Waals surface area contributed by atoms with Crippen LogP contribution in [0.5, 0.6) is 0 Å². The van der Waals surface area contributed by atoms with Crippen LogP contribution < -0.4 is 21.7 Å². The van der Waals surface area contributed by atoms with Crippen molar-refractivity contribution in [3.05, 3.63) is 10.8 Å². The van der Waals surface area contributed by atoms with Gasteiger partial charge in [0.15, 0.2) is 28.4 Å². The molecule has 0 atom stereocenters. The van der Waals surface area contributed by atoms with E-state index in [-0.39, 0.29) is 22.6 Å². The number of carbonyl (C=O) groups excluding carboxylic acids is 1. The van der Waals surface area contributed by atoms with E-state index in [4.69, 9.17) is 23.1 Å². The Balaban J connectivity index is 2.28. The number of anilines is 2. The number of nitrogen functional groups attached to an aromatic ring is 1. The summed E-state index contributed by atoms with van der Waals surface area (Å²) in [6, 6.07) is 0. The third-order valence-corrected chi connectivity index (χ3v) is 3.22. The van der Waals surface area contributed by atoms with Gasteiger partial charge in [0.25, 0.3) is 5.91 Å². The van der Waals surface area contributed by atoms with Crippen molar-refractivity contribution in [2.45, 2.75) is 12.8 Å². The Morgan fingerprint density at radius 2 is 2.05 bits per heavy atom. The summed E-state index contributed by atoms with van der Waals surface area (Å²) in [7, 11) is 1.45. The fourth-order valence-electron chi connectivity index (χ4n) is 1.95. The number of guanidine groups is 1. The predicted molar refractivity (Wildman–Crippen MR) is 77.9 cm³/mol. The van der Waals surface area contributed by atoms with Gasteiger partial charge in [0.2, 0.25) is 0 Å². The van der Waals surface area contributed by atoms with Crippen molar-refractivity contribution < 1.29 is 4.79 Å². The Bertz CT molecular complexity index is 554. The summed E-state index contributed by atoms with van der Waals surface area (Å²) in [5, 5.41) is 2.49. The largest absolute Gasteiger partial charge is 0.382 e. The van der Waals surface area contributed by atoms with Crippen LogP contribution in [0, 0.1) is 0 Å². The van der Waals surface area contributed by atoms with Crippen LogP contribution in [0.15, 0.2) is 4.99 Å². The number of nitrogens with zero attached hydrogens (tertiary/aromatic N) is 4. The van der Waals surface area contributed by atoms with Crippen LogP contribution in [0.25, 0.3) is 0 Å². The Morgan fingerprint density at radius 1 is 1.40 bits per heavy atom. The van der Waals surface area contributed by atoms with Crippen LogP contribution >= 0.6 is 11.6 Å². The zero-order valence-electron chi connectivity index (χ0n) is 11.1. The molecule has 0 bridgehead atoms. The second-order valence-corrected chi connectivity index (χ2v) is 4.69. The highest BCUT2D eigenvalue weighted by molar-refractivity contribution is 6.32. The summed E-state index contributed by atoms with van der Waals surface area (Å²) in [6.07, 6.45) is 2.15. The first kappa shape index (κ1) is 14.3. The molecule has 1 fully saturated rings. The molecule has 0 saturated carbocycles. The average molecular weight is 298 g/mol. The second kappa shape index (κ2) is 5.91. The molecule has 0 unspecified atom stereocenters. The smallest absolute Gasteiger partial charge is 0.280 e. The van der Waals surface area contributed by atoms with Crippen LogP contribution in [0.1, 0.15) is 23.3 Å². The van der Waals surface area contributed by atoms with Crippen molar-refractivity contribution >= 4 is 35.1 Å². The molecule has 1 aliphatic heterocycles. The molecule has 0 aromatic carbocycles. The quantitative estimate of drug-likeness (QED) is 0.521. The molecule has 1 aromatic heterocycles. The zero-order chi connectivity index (χ0) is 14.7. The van der Waals surface area contributed by atoms with Gasteiger partial charge in [0.05, 0.1) is 0 Å². The number of carbonyl (C=O) groups is 1. The first-order valence-electron chi connectivity index (χ1n) is 6.14. The van der Waals surface area contributed by atoms with Gasteiger partial charge in [0, 0.05) is 20.1 Å². The average Bonchev–Trinajstić information content (AvgIpc) is 2.94. The van der Waals surface area contributed by atoms with Gasteiger partial charge < -0.3 is 16.4 Å². The van der Waals surface area contributed by atoms with E-state index >= 15 is 0 Å². The van der Waals surface area contributed by atoms with E-state index in [1.165, 1.54) is 7.05 Å². The minimum atomic E-state index is -0.590. The summed E-state index contributed by atoms with van der Waals surface area (Å²) in [4.78, 5) is 25.7. The maximum absolute atomic E-state index is 11.9. The number of amides is 1. The molecule has 1 saturated heterocycles. The molecular weight excluding hydrogens is 282 g/mol. The summed E-state index contributed by atoms with van der Waals surface area (Å²) in [6.45, 7) is 1.71. The molecule has 108 valence electrons. The van der Waals surface area contributed by atoms with Crippen molar-refractivity contribution in [3.63, 3.8) is 0 Å². The molecule has 0 aliphatic carbocycles. The van der Waals surface area contributed by atoms with Crippen molar-refractivity contribution in [2.75, 3.05) is 30.8 Å². The van der Waals surface area contributed by atoms with E-state index in [0.29, 0.717) is 5.82 Å². The molecule has 5 N–H and O–H groups in total. The highest BCUT2D eigenvalue weighted by Gasteiger charge is 2.22. The number of nitrogens with one attached hydrogen (secondary N) is 1. The van der Waals surface area contributed by atoms with Gasteiger partial charge in [-0.25, -0.2) is 9.97 Å². The maximum Gasteiger partial charge on any atom is 0.280 e. The fraction of sp³-hybridized carbons (Fsp3) is 0.455. The Hall–Kier alpha value is -2.09. The molecule has 0 radical (unpaired) electrons. The summed E-state index contributed by atoms with van der Waals surface area (Å²) >= 11 is 6.08. The van der Waals surface area contributed by atoms with Crippen LogP contribution in [0.4, 0.5) is 11.6 Å².